The van der Waals surface area contributed by atoms with Gasteiger partial charge in [0.25, 0.3) is 0 Å². The summed E-state index contributed by atoms with van der Waals surface area (Å²) in [5.41, 5.74) is 1.31. The topological polar surface area (TPSA) is 32.7 Å². The van der Waals surface area contributed by atoms with E-state index in [2.05, 4.69) is 24.1 Å². The molecular formula is C16H25NO2. The highest BCUT2D eigenvalue weighted by atomic mass is 16.5. The van der Waals surface area contributed by atoms with Gasteiger partial charge in [-0.05, 0) is 57.5 Å². The van der Waals surface area contributed by atoms with E-state index in [0.29, 0.717) is 6.61 Å². The monoisotopic (exact) mass is 263 g/mol. The number of piperidine rings is 1. The smallest absolute Gasteiger partial charge is 0.119 e. The summed E-state index contributed by atoms with van der Waals surface area (Å²) in [6.45, 7) is 5.09. The Balaban J connectivity index is 2.05. The van der Waals surface area contributed by atoms with Crippen molar-refractivity contribution in [3.63, 3.8) is 0 Å². The van der Waals surface area contributed by atoms with Crippen molar-refractivity contribution in [3.05, 3.63) is 29.8 Å². The molecule has 106 valence electrons. The van der Waals surface area contributed by atoms with Crippen molar-refractivity contribution in [2.45, 2.75) is 26.2 Å². The molecule has 1 saturated heterocycles. The molecule has 19 heavy (non-hydrogen) atoms. The van der Waals surface area contributed by atoms with Gasteiger partial charge in [0.15, 0.2) is 0 Å². The zero-order chi connectivity index (χ0) is 13.7. The zero-order valence-electron chi connectivity index (χ0n) is 12.1. The molecule has 1 fully saturated rings. The fraction of sp³-hybridized carbons (Fsp3) is 0.625. The van der Waals surface area contributed by atoms with Gasteiger partial charge in [0, 0.05) is 12.0 Å². The molecular weight excluding hydrogens is 238 g/mol. The van der Waals surface area contributed by atoms with E-state index in [-0.39, 0.29) is 12.0 Å². The van der Waals surface area contributed by atoms with Gasteiger partial charge in [-0.1, -0.05) is 12.1 Å². The minimum absolute atomic E-state index is 0.0279. The average molecular weight is 263 g/mol. The summed E-state index contributed by atoms with van der Waals surface area (Å²) in [5.74, 6) is 0.921. The highest BCUT2D eigenvalue weighted by Crippen LogP contribution is 2.33. The second kappa shape index (κ2) is 6.40. The minimum atomic E-state index is 0.0279. The van der Waals surface area contributed by atoms with Crippen molar-refractivity contribution in [1.29, 1.82) is 0 Å². The van der Waals surface area contributed by atoms with Crippen LogP contribution < -0.4 is 4.74 Å². The van der Waals surface area contributed by atoms with Crippen molar-refractivity contribution >= 4 is 0 Å². The van der Waals surface area contributed by atoms with Crippen LogP contribution in [0.25, 0.3) is 0 Å². The lowest BCUT2D eigenvalue weighted by Crippen LogP contribution is -2.44. The molecule has 0 spiro atoms. The normalized spacial score (nSPS) is 24.4. The van der Waals surface area contributed by atoms with Crippen molar-refractivity contribution < 1.29 is 9.84 Å². The molecule has 1 unspecified atom stereocenters. The second-order valence-corrected chi connectivity index (χ2v) is 5.75. The standard InChI is InChI=1S/C16H25NO2/c1-3-19-15-7-5-14(6-8-15)11-16(13-18)9-4-10-17(2)12-16/h5-8,18H,3-4,9-13H2,1-2H3. The van der Waals surface area contributed by atoms with Crippen LogP contribution in [0.4, 0.5) is 0 Å². The number of likely N-dealkylation sites (tertiary alicyclic amines) is 1. The number of hydrogen-bond acceptors (Lipinski definition) is 3. The molecule has 1 aliphatic heterocycles. The summed E-state index contributed by atoms with van der Waals surface area (Å²) in [4.78, 5) is 2.33. The zero-order valence-corrected chi connectivity index (χ0v) is 12.1. The Hall–Kier alpha value is -1.06. The van der Waals surface area contributed by atoms with Crippen LogP contribution >= 0.6 is 0 Å². The molecule has 2 rings (SSSR count). The first kappa shape index (κ1) is 14.4. The van der Waals surface area contributed by atoms with Gasteiger partial charge in [0.2, 0.25) is 0 Å². The van der Waals surface area contributed by atoms with E-state index in [1.165, 1.54) is 12.0 Å². The molecule has 0 radical (unpaired) electrons. The lowest BCUT2D eigenvalue weighted by Gasteiger charge is -2.40. The summed E-state index contributed by atoms with van der Waals surface area (Å²) in [5, 5.41) is 9.81. The summed E-state index contributed by atoms with van der Waals surface area (Å²) in [7, 11) is 2.14. The van der Waals surface area contributed by atoms with Crippen molar-refractivity contribution in [2.24, 2.45) is 5.41 Å². The maximum absolute atomic E-state index is 9.81. The number of ether oxygens (including phenoxy) is 1. The van der Waals surface area contributed by atoms with Gasteiger partial charge < -0.3 is 14.7 Å². The molecule has 0 aliphatic carbocycles. The predicted octanol–water partition coefficient (Wildman–Crippen LogP) is 2.33. The molecule has 1 aromatic carbocycles. The van der Waals surface area contributed by atoms with Crippen LogP contribution in [0, 0.1) is 5.41 Å². The van der Waals surface area contributed by atoms with Gasteiger partial charge in [-0.3, -0.25) is 0 Å². The van der Waals surface area contributed by atoms with E-state index >= 15 is 0 Å². The number of aliphatic hydroxyl groups excluding tert-OH is 1. The van der Waals surface area contributed by atoms with Crippen molar-refractivity contribution in [3.8, 4) is 5.75 Å². The number of nitrogens with zero attached hydrogens (tertiary/aromatic N) is 1. The summed E-state index contributed by atoms with van der Waals surface area (Å²) >= 11 is 0. The van der Waals surface area contributed by atoms with Gasteiger partial charge in [-0.2, -0.15) is 0 Å². The fourth-order valence-corrected chi connectivity index (χ4v) is 3.09. The van der Waals surface area contributed by atoms with Crippen LogP contribution in [0.15, 0.2) is 24.3 Å². The van der Waals surface area contributed by atoms with Gasteiger partial charge in [-0.15, -0.1) is 0 Å². The first-order valence-corrected chi connectivity index (χ1v) is 7.18. The highest BCUT2D eigenvalue weighted by molar-refractivity contribution is 5.28. The Labute approximate surface area is 116 Å². The van der Waals surface area contributed by atoms with E-state index in [1.807, 2.05) is 19.1 Å². The molecule has 1 aromatic rings. The van der Waals surface area contributed by atoms with Crippen molar-refractivity contribution in [2.75, 3.05) is 33.4 Å². The molecule has 1 atom stereocenters. The van der Waals surface area contributed by atoms with Crippen LogP contribution in [0.5, 0.6) is 5.75 Å². The van der Waals surface area contributed by atoms with Gasteiger partial charge in [0.05, 0.1) is 13.2 Å². The number of rotatable bonds is 5. The first-order chi connectivity index (χ1) is 9.17. The van der Waals surface area contributed by atoms with Crippen molar-refractivity contribution in [1.82, 2.24) is 4.90 Å². The van der Waals surface area contributed by atoms with E-state index < -0.39 is 0 Å². The quantitative estimate of drug-likeness (QED) is 0.885. The maximum atomic E-state index is 9.81. The Morgan fingerprint density at radius 3 is 2.63 bits per heavy atom. The van der Waals surface area contributed by atoms with E-state index in [9.17, 15) is 5.11 Å². The second-order valence-electron chi connectivity index (χ2n) is 5.75. The lowest BCUT2D eigenvalue weighted by molar-refractivity contribution is 0.0439. The fourth-order valence-electron chi connectivity index (χ4n) is 3.09. The predicted molar refractivity (Wildman–Crippen MR) is 77.6 cm³/mol. The number of hydrogen-bond donors (Lipinski definition) is 1. The molecule has 1 N–H and O–H groups in total. The van der Waals surface area contributed by atoms with E-state index in [0.717, 1.165) is 31.7 Å². The third-order valence-electron chi connectivity index (χ3n) is 4.00. The molecule has 0 bridgehead atoms. The van der Waals surface area contributed by atoms with Gasteiger partial charge in [0.1, 0.15) is 5.75 Å². The third kappa shape index (κ3) is 3.71. The third-order valence-corrected chi connectivity index (χ3v) is 4.00. The Kier molecular flexibility index (Phi) is 4.83. The summed E-state index contributed by atoms with van der Waals surface area (Å²) in [6, 6.07) is 8.29. The van der Waals surface area contributed by atoms with Gasteiger partial charge >= 0.3 is 0 Å². The Bertz CT molecular complexity index is 390. The van der Waals surface area contributed by atoms with Crippen LogP contribution in [0.1, 0.15) is 25.3 Å². The van der Waals surface area contributed by atoms with Crippen LogP contribution in [-0.4, -0.2) is 43.4 Å². The lowest BCUT2D eigenvalue weighted by atomic mass is 9.76. The number of aliphatic hydroxyl groups is 1. The minimum Gasteiger partial charge on any atom is -0.494 e. The number of benzene rings is 1. The SMILES string of the molecule is CCOc1ccc(CC2(CO)CCCN(C)C2)cc1. The van der Waals surface area contributed by atoms with Crippen LogP contribution in [-0.2, 0) is 6.42 Å². The summed E-state index contributed by atoms with van der Waals surface area (Å²) < 4.78 is 5.46. The summed E-state index contributed by atoms with van der Waals surface area (Å²) in [6.07, 6.45) is 3.23. The van der Waals surface area contributed by atoms with E-state index in [4.69, 9.17) is 4.74 Å². The molecule has 1 heterocycles. The Morgan fingerprint density at radius 1 is 1.32 bits per heavy atom. The molecule has 1 aliphatic rings. The highest BCUT2D eigenvalue weighted by Gasteiger charge is 2.33. The first-order valence-electron chi connectivity index (χ1n) is 7.18. The molecule has 0 amide bonds. The molecule has 3 nitrogen and oxygen atoms in total. The van der Waals surface area contributed by atoms with E-state index in [1.54, 1.807) is 0 Å². The molecule has 3 heteroatoms. The molecule has 0 saturated carbocycles. The maximum Gasteiger partial charge on any atom is 0.119 e. The van der Waals surface area contributed by atoms with Crippen LogP contribution in [0.3, 0.4) is 0 Å². The Morgan fingerprint density at radius 2 is 2.05 bits per heavy atom. The average Bonchev–Trinajstić information content (AvgIpc) is 2.41. The molecule has 0 aromatic heterocycles. The van der Waals surface area contributed by atoms with Gasteiger partial charge in [-0.25, -0.2) is 0 Å². The van der Waals surface area contributed by atoms with Crippen LogP contribution in [0.2, 0.25) is 0 Å². The largest absolute Gasteiger partial charge is 0.494 e.